The van der Waals surface area contributed by atoms with E-state index >= 15 is 0 Å². The van der Waals surface area contributed by atoms with E-state index < -0.39 is 5.97 Å². The van der Waals surface area contributed by atoms with E-state index in [0.717, 1.165) is 16.2 Å². The van der Waals surface area contributed by atoms with Gasteiger partial charge in [0, 0.05) is 17.1 Å². The van der Waals surface area contributed by atoms with Gasteiger partial charge >= 0.3 is 35.5 Å². The van der Waals surface area contributed by atoms with Crippen molar-refractivity contribution >= 4 is 16.9 Å². The number of nitrogens with one attached hydrogen (secondary N) is 1. The maximum atomic E-state index is 10.7. The van der Waals surface area contributed by atoms with Gasteiger partial charge in [0.15, 0.2) is 0 Å². The molecule has 7 heteroatoms. The predicted octanol–water partition coefficient (Wildman–Crippen LogP) is -0.879. The first-order chi connectivity index (χ1) is 7.20. The van der Waals surface area contributed by atoms with Crippen LogP contribution in [0.5, 0.6) is 0 Å². The van der Waals surface area contributed by atoms with Gasteiger partial charge in [-0.25, -0.2) is 4.79 Å². The number of aromatic nitrogens is 1. The minimum absolute atomic E-state index is 0. The molecule has 0 amide bonds. The third-order valence-corrected chi connectivity index (χ3v) is 1.82. The summed E-state index contributed by atoms with van der Waals surface area (Å²) in [6, 6.07) is 7.32. The number of benzene rings is 1. The Morgan fingerprint density at radius 3 is 2.50 bits per heavy atom. The van der Waals surface area contributed by atoms with Crippen molar-refractivity contribution in [3.05, 3.63) is 46.1 Å². The average molecular weight is 230 g/mol. The van der Waals surface area contributed by atoms with Crippen molar-refractivity contribution in [3.63, 3.8) is 0 Å². The third-order valence-electron chi connectivity index (χ3n) is 1.82. The molecule has 0 aliphatic heterocycles. The van der Waals surface area contributed by atoms with Gasteiger partial charge in [-0.05, 0) is 6.07 Å². The van der Waals surface area contributed by atoms with Gasteiger partial charge in [0.2, 0.25) is 0 Å². The van der Waals surface area contributed by atoms with Crippen LogP contribution in [0, 0.1) is 10.1 Å². The van der Waals surface area contributed by atoms with Gasteiger partial charge in [0.25, 0.3) is 0 Å². The van der Waals surface area contributed by atoms with Gasteiger partial charge in [-0.15, -0.1) is 5.34 Å². The zero-order valence-corrected chi connectivity index (χ0v) is 10.5. The first kappa shape index (κ1) is 14.6. The number of para-hydroxylation sites is 1. The Morgan fingerprint density at radius 1 is 1.38 bits per heavy atom. The standard InChI is InChI=1S/C9H7NO2.HNO2.Na/c11-9(12)7-5-10-8-4-2-1-3-6(7)8;2-1-3;/h1-5,10H,(H,11,12);(H,2,3);/q;;+1/p-1. The summed E-state index contributed by atoms with van der Waals surface area (Å²) in [5, 5.41) is 18.5. The molecule has 16 heavy (non-hydrogen) atoms. The summed E-state index contributed by atoms with van der Waals surface area (Å²) in [7, 11) is 0. The summed E-state index contributed by atoms with van der Waals surface area (Å²) < 4.78 is 0. The van der Waals surface area contributed by atoms with Gasteiger partial charge in [0.05, 0.1) is 5.56 Å². The van der Waals surface area contributed by atoms with Crippen molar-refractivity contribution in [2.24, 2.45) is 5.34 Å². The second-order valence-electron chi connectivity index (χ2n) is 2.63. The van der Waals surface area contributed by atoms with Crippen LogP contribution in [0.3, 0.4) is 0 Å². The second-order valence-corrected chi connectivity index (χ2v) is 2.63. The predicted molar refractivity (Wildman–Crippen MR) is 54.4 cm³/mol. The number of carboxylic acid groups (broad SMARTS) is 1. The van der Waals surface area contributed by atoms with E-state index in [1.807, 2.05) is 18.2 Å². The van der Waals surface area contributed by atoms with Crippen LogP contribution in [-0.2, 0) is 0 Å². The van der Waals surface area contributed by atoms with Crippen molar-refractivity contribution in [1.82, 2.24) is 4.98 Å². The van der Waals surface area contributed by atoms with E-state index in [0.29, 0.717) is 5.56 Å². The minimum Gasteiger partial charge on any atom is -0.478 e. The summed E-state index contributed by atoms with van der Waals surface area (Å²) in [5.41, 5.74) is 1.18. The Labute approximate surface area is 113 Å². The van der Waals surface area contributed by atoms with Crippen LogP contribution in [0.25, 0.3) is 10.9 Å². The maximum Gasteiger partial charge on any atom is 1.00 e. The normalized spacial score (nSPS) is 8.50. The molecule has 0 radical (unpaired) electrons. The summed E-state index contributed by atoms with van der Waals surface area (Å²) in [6.45, 7) is 0. The summed E-state index contributed by atoms with van der Waals surface area (Å²) in [4.78, 5) is 21.5. The average Bonchev–Trinajstić information content (AvgIpc) is 2.62. The minimum atomic E-state index is -0.896. The molecular formula is C9H7N2NaO4. The van der Waals surface area contributed by atoms with Crippen molar-refractivity contribution in [2.45, 2.75) is 0 Å². The maximum absolute atomic E-state index is 10.7. The molecule has 1 heterocycles. The first-order valence-electron chi connectivity index (χ1n) is 3.95. The largest absolute Gasteiger partial charge is 1.00 e. The molecule has 2 N–H and O–H groups in total. The molecule has 2 rings (SSSR count). The molecule has 1 aromatic carbocycles. The number of fused-ring (bicyclic) bond motifs is 1. The van der Waals surface area contributed by atoms with Crippen molar-refractivity contribution in [3.8, 4) is 0 Å². The van der Waals surface area contributed by atoms with Crippen LogP contribution in [0.2, 0.25) is 0 Å². The molecule has 0 saturated carbocycles. The van der Waals surface area contributed by atoms with Gasteiger partial charge < -0.3 is 20.2 Å². The fraction of sp³-hybridized carbons (Fsp3) is 0. The van der Waals surface area contributed by atoms with Crippen LogP contribution in [0.1, 0.15) is 10.4 Å². The molecule has 78 valence electrons. The molecule has 6 nitrogen and oxygen atoms in total. The summed E-state index contributed by atoms with van der Waals surface area (Å²) in [5.74, 6) is -0.896. The molecule has 0 atom stereocenters. The molecule has 0 aliphatic carbocycles. The zero-order valence-electron chi connectivity index (χ0n) is 8.51. The zero-order chi connectivity index (χ0) is 11.3. The summed E-state index contributed by atoms with van der Waals surface area (Å²) >= 11 is 0. The van der Waals surface area contributed by atoms with Gasteiger partial charge in [-0.2, -0.15) is 0 Å². The van der Waals surface area contributed by atoms with E-state index in [-0.39, 0.29) is 29.6 Å². The van der Waals surface area contributed by atoms with Crippen molar-refractivity contribution in [2.75, 3.05) is 0 Å². The molecule has 2 aromatic rings. The number of carbonyl (C=O) groups is 1. The number of carboxylic acids is 1. The Kier molecular flexibility index (Phi) is 6.40. The van der Waals surface area contributed by atoms with Crippen LogP contribution in [-0.4, -0.2) is 16.1 Å². The fourth-order valence-electron chi connectivity index (χ4n) is 1.25. The number of hydrogen-bond acceptors (Lipinski definition) is 4. The van der Waals surface area contributed by atoms with E-state index in [9.17, 15) is 4.79 Å². The molecule has 0 spiro atoms. The second kappa shape index (κ2) is 7.00. The third kappa shape index (κ3) is 3.34. The van der Waals surface area contributed by atoms with Gasteiger partial charge in [-0.3, -0.25) is 0 Å². The van der Waals surface area contributed by atoms with Crippen LogP contribution < -0.4 is 29.6 Å². The van der Waals surface area contributed by atoms with Crippen molar-refractivity contribution < 1.29 is 39.5 Å². The number of aromatic amines is 1. The molecule has 1 aromatic heterocycles. The van der Waals surface area contributed by atoms with E-state index in [1.54, 1.807) is 6.07 Å². The molecule has 0 fully saturated rings. The fourth-order valence-corrected chi connectivity index (χ4v) is 1.25. The smallest absolute Gasteiger partial charge is 0.478 e. The molecule has 0 unspecified atom stereocenters. The van der Waals surface area contributed by atoms with Crippen LogP contribution in [0.15, 0.2) is 35.8 Å². The van der Waals surface area contributed by atoms with E-state index in [4.69, 9.17) is 15.2 Å². The monoisotopic (exact) mass is 230 g/mol. The Balaban J connectivity index is 0.000000511. The molecular weight excluding hydrogens is 223 g/mol. The summed E-state index contributed by atoms with van der Waals surface area (Å²) in [6.07, 6.45) is 1.51. The van der Waals surface area contributed by atoms with Crippen LogP contribution in [0.4, 0.5) is 0 Å². The van der Waals surface area contributed by atoms with E-state index in [2.05, 4.69) is 4.98 Å². The number of aromatic carboxylic acids is 1. The molecule has 0 saturated heterocycles. The Bertz CT molecular complexity index is 483. The van der Waals surface area contributed by atoms with Gasteiger partial charge in [-0.1, -0.05) is 18.2 Å². The molecule has 0 aliphatic rings. The van der Waals surface area contributed by atoms with Crippen molar-refractivity contribution in [1.29, 1.82) is 0 Å². The molecule has 0 bridgehead atoms. The Morgan fingerprint density at radius 2 is 1.94 bits per heavy atom. The number of rotatable bonds is 1. The number of H-pyrrole nitrogens is 1. The van der Waals surface area contributed by atoms with Gasteiger partial charge in [0.1, 0.15) is 0 Å². The SMILES string of the molecule is O=C(O)c1c[nH]c2ccccc12.O=N[O-].[Na+]. The first-order valence-corrected chi connectivity index (χ1v) is 3.95. The van der Waals surface area contributed by atoms with E-state index in [1.165, 1.54) is 6.20 Å². The Hall–Kier alpha value is -1.37. The number of nitrogens with zero attached hydrogens (tertiary/aromatic N) is 1. The number of hydrogen-bond donors (Lipinski definition) is 2. The topological polar surface area (TPSA) is 106 Å². The quantitative estimate of drug-likeness (QED) is 0.377. The van der Waals surface area contributed by atoms with Crippen LogP contribution >= 0.6 is 0 Å².